The molecule has 0 bridgehead atoms. The number of amides is 3. The first-order chi connectivity index (χ1) is 14.1. The fourth-order valence-corrected chi connectivity index (χ4v) is 4.26. The van der Waals surface area contributed by atoms with E-state index in [2.05, 4.69) is 12.2 Å². The second-order valence-electron chi connectivity index (χ2n) is 6.85. The van der Waals surface area contributed by atoms with Crippen molar-refractivity contribution in [3.63, 3.8) is 0 Å². The number of hydrogen-bond acceptors (Lipinski definition) is 4. The van der Waals surface area contributed by atoms with Gasteiger partial charge in [-0.05, 0) is 41.1 Å². The van der Waals surface area contributed by atoms with Crippen LogP contribution in [0.15, 0.2) is 66.0 Å². The Hall–Kier alpha value is -3.25. The molecule has 1 aliphatic heterocycles. The minimum absolute atomic E-state index is 0.304. The van der Waals surface area contributed by atoms with Crippen LogP contribution in [0.1, 0.15) is 49.7 Å². The van der Waals surface area contributed by atoms with Crippen molar-refractivity contribution in [2.45, 2.75) is 19.4 Å². The van der Waals surface area contributed by atoms with E-state index >= 15 is 0 Å². The number of thiophene rings is 1. The van der Waals surface area contributed by atoms with Crippen LogP contribution in [0.25, 0.3) is 0 Å². The molecule has 0 aliphatic carbocycles. The lowest BCUT2D eigenvalue weighted by Crippen LogP contribution is -2.41. The molecule has 2 heterocycles. The Morgan fingerprint density at radius 1 is 0.966 bits per heavy atom. The van der Waals surface area contributed by atoms with E-state index in [4.69, 9.17) is 0 Å². The third-order valence-electron chi connectivity index (χ3n) is 5.03. The molecule has 0 unspecified atom stereocenters. The lowest BCUT2D eigenvalue weighted by atomic mass is 10.0. The summed E-state index contributed by atoms with van der Waals surface area (Å²) in [5.74, 6) is -1.24. The minimum atomic E-state index is -0.430. The van der Waals surface area contributed by atoms with E-state index in [1.54, 1.807) is 35.6 Å². The number of rotatable bonds is 6. The van der Waals surface area contributed by atoms with Gasteiger partial charge in [0.05, 0.1) is 17.2 Å². The van der Waals surface area contributed by atoms with Crippen molar-refractivity contribution >= 4 is 29.1 Å². The summed E-state index contributed by atoms with van der Waals surface area (Å²) in [6.07, 6.45) is 0.941. The van der Waals surface area contributed by atoms with Gasteiger partial charge in [-0.1, -0.05) is 49.4 Å². The van der Waals surface area contributed by atoms with Crippen molar-refractivity contribution in [1.29, 1.82) is 0 Å². The summed E-state index contributed by atoms with van der Waals surface area (Å²) in [5, 5.41) is 4.95. The second-order valence-corrected chi connectivity index (χ2v) is 7.83. The molecule has 3 amide bonds. The first-order valence-corrected chi connectivity index (χ1v) is 10.3. The summed E-state index contributed by atoms with van der Waals surface area (Å²) in [4.78, 5) is 39.8. The van der Waals surface area contributed by atoms with Gasteiger partial charge in [0, 0.05) is 4.88 Å². The van der Waals surface area contributed by atoms with Crippen molar-refractivity contribution in [1.82, 2.24) is 10.2 Å². The van der Waals surface area contributed by atoms with Crippen LogP contribution < -0.4 is 5.32 Å². The fourth-order valence-electron chi connectivity index (χ4n) is 3.45. The van der Waals surface area contributed by atoms with Gasteiger partial charge in [-0.15, -0.1) is 11.3 Å². The molecule has 29 heavy (non-hydrogen) atoms. The van der Waals surface area contributed by atoms with Crippen molar-refractivity contribution in [2.75, 3.05) is 6.54 Å². The summed E-state index contributed by atoms with van der Waals surface area (Å²) >= 11 is 1.55. The molecule has 6 heteroatoms. The van der Waals surface area contributed by atoms with E-state index in [1.165, 1.54) is 5.56 Å². The number of benzene rings is 2. The SMILES string of the molecule is CCc1ccc([C@@H](NC(=O)CN2C(=O)c3ccccc3C2=O)c2cccs2)cc1. The smallest absolute Gasteiger partial charge is 0.262 e. The Labute approximate surface area is 173 Å². The van der Waals surface area contributed by atoms with Crippen LogP contribution in [-0.2, 0) is 11.2 Å². The molecule has 0 saturated heterocycles. The zero-order valence-electron chi connectivity index (χ0n) is 15.9. The zero-order chi connectivity index (χ0) is 20.4. The van der Waals surface area contributed by atoms with Crippen molar-refractivity contribution in [2.24, 2.45) is 0 Å². The normalized spacial score (nSPS) is 14.0. The summed E-state index contributed by atoms with van der Waals surface area (Å²) < 4.78 is 0. The van der Waals surface area contributed by atoms with Crippen molar-refractivity contribution in [3.8, 4) is 0 Å². The van der Waals surface area contributed by atoms with Crippen LogP contribution in [0.5, 0.6) is 0 Å². The summed E-state index contributed by atoms with van der Waals surface area (Å²) in [6.45, 7) is 1.79. The molecule has 5 nitrogen and oxygen atoms in total. The molecule has 4 rings (SSSR count). The van der Waals surface area contributed by atoms with E-state index in [0.717, 1.165) is 21.8 Å². The number of fused-ring (bicyclic) bond motifs is 1. The lowest BCUT2D eigenvalue weighted by molar-refractivity contribution is -0.121. The first kappa shape index (κ1) is 19.1. The number of imide groups is 1. The number of aryl methyl sites for hydroxylation is 1. The van der Waals surface area contributed by atoms with E-state index in [0.29, 0.717) is 11.1 Å². The quantitative estimate of drug-likeness (QED) is 0.636. The fraction of sp³-hybridized carbons (Fsp3) is 0.174. The zero-order valence-corrected chi connectivity index (χ0v) is 16.7. The molecule has 1 aliphatic rings. The Bertz CT molecular complexity index is 1020. The molecule has 1 N–H and O–H groups in total. The number of carbonyl (C=O) groups excluding carboxylic acids is 3. The maximum Gasteiger partial charge on any atom is 0.262 e. The standard InChI is InChI=1S/C23H20N2O3S/c1-2-15-9-11-16(12-10-15)21(19-8-5-13-29-19)24-20(26)14-25-22(27)17-6-3-4-7-18(17)23(25)28/h3-13,21H,2,14H2,1H3,(H,24,26)/t21-/m1/s1. The van der Waals surface area contributed by atoms with Gasteiger partial charge in [-0.3, -0.25) is 19.3 Å². The molecule has 2 aromatic carbocycles. The monoisotopic (exact) mass is 404 g/mol. The Balaban J connectivity index is 1.53. The van der Waals surface area contributed by atoms with Gasteiger partial charge in [0.15, 0.2) is 0 Å². The number of hydrogen-bond donors (Lipinski definition) is 1. The van der Waals surface area contributed by atoms with Gasteiger partial charge in [-0.2, -0.15) is 0 Å². The molecule has 0 saturated carbocycles. The molecular weight excluding hydrogens is 384 g/mol. The Morgan fingerprint density at radius 2 is 1.62 bits per heavy atom. The highest BCUT2D eigenvalue weighted by atomic mass is 32.1. The van der Waals surface area contributed by atoms with E-state index in [-0.39, 0.29) is 18.5 Å². The largest absolute Gasteiger partial charge is 0.343 e. The number of nitrogens with one attached hydrogen (secondary N) is 1. The van der Waals surface area contributed by atoms with Crippen LogP contribution in [0.4, 0.5) is 0 Å². The lowest BCUT2D eigenvalue weighted by Gasteiger charge is -2.20. The van der Waals surface area contributed by atoms with E-state index in [9.17, 15) is 14.4 Å². The highest BCUT2D eigenvalue weighted by Gasteiger charge is 2.36. The van der Waals surface area contributed by atoms with Gasteiger partial charge in [-0.25, -0.2) is 0 Å². The van der Waals surface area contributed by atoms with Crippen LogP contribution in [0.3, 0.4) is 0 Å². The van der Waals surface area contributed by atoms with Crippen LogP contribution in [0.2, 0.25) is 0 Å². The average molecular weight is 404 g/mol. The van der Waals surface area contributed by atoms with Crippen LogP contribution >= 0.6 is 11.3 Å². The second kappa shape index (κ2) is 8.01. The predicted molar refractivity (Wildman–Crippen MR) is 112 cm³/mol. The molecule has 1 atom stereocenters. The molecule has 3 aromatic rings. The third kappa shape index (κ3) is 3.71. The minimum Gasteiger partial charge on any atom is -0.343 e. The summed E-state index contributed by atoms with van der Waals surface area (Å²) in [6, 6.07) is 18.3. The average Bonchev–Trinajstić information content (AvgIpc) is 3.36. The van der Waals surface area contributed by atoms with Crippen LogP contribution in [0, 0.1) is 0 Å². The van der Waals surface area contributed by atoms with E-state index in [1.807, 2.05) is 41.8 Å². The molecule has 0 spiro atoms. The molecule has 146 valence electrons. The maximum atomic E-state index is 12.8. The van der Waals surface area contributed by atoms with E-state index < -0.39 is 11.8 Å². The Kier molecular flexibility index (Phi) is 5.27. The topological polar surface area (TPSA) is 66.5 Å². The van der Waals surface area contributed by atoms with Gasteiger partial charge in [0.2, 0.25) is 5.91 Å². The van der Waals surface area contributed by atoms with Gasteiger partial charge >= 0.3 is 0 Å². The molecule has 0 fully saturated rings. The highest BCUT2D eigenvalue weighted by Crippen LogP contribution is 2.27. The first-order valence-electron chi connectivity index (χ1n) is 9.45. The van der Waals surface area contributed by atoms with Gasteiger partial charge in [0.25, 0.3) is 11.8 Å². The Morgan fingerprint density at radius 3 is 2.17 bits per heavy atom. The van der Waals surface area contributed by atoms with Crippen molar-refractivity contribution in [3.05, 3.63) is 93.2 Å². The van der Waals surface area contributed by atoms with Gasteiger partial charge < -0.3 is 5.32 Å². The number of carbonyl (C=O) groups is 3. The third-order valence-corrected chi connectivity index (χ3v) is 5.97. The van der Waals surface area contributed by atoms with Crippen LogP contribution in [-0.4, -0.2) is 29.2 Å². The maximum absolute atomic E-state index is 12.8. The predicted octanol–water partition coefficient (Wildman–Crippen LogP) is 3.81. The molecule has 1 aromatic heterocycles. The summed E-state index contributed by atoms with van der Waals surface area (Å²) in [7, 11) is 0. The number of nitrogens with zero attached hydrogens (tertiary/aromatic N) is 1. The molecule has 0 radical (unpaired) electrons. The van der Waals surface area contributed by atoms with Crippen molar-refractivity contribution < 1.29 is 14.4 Å². The summed E-state index contributed by atoms with van der Waals surface area (Å²) in [5.41, 5.74) is 2.86. The van der Waals surface area contributed by atoms with Gasteiger partial charge in [0.1, 0.15) is 6.54 Å². The highest BCUT2D eigenvalue weighted by molar-refractivity contribution is 7.10. The molecular formula is C23H20N2O3S.